The Labute approximate surface area is 183 Å². The Bertz CT molecular complexity index is 1210. The molecule has 2 aromatic heterocycles. The van der Waals surface area contributed by atoms with Crippen LogP contribution >= 0.6 is 23.1 Å². The van der Waals surface area contributed by atoms with Gasteiger partial charge in [-0.05, 0) is 74.3 Å². The second-order valence-corrected chi connectivity index (χ2v) is 9.39. The van der Waals surface area contributed by atoms with Crippen LogP contribution in [0.5, 0.6) is 0 Å². The number of hydrogen-bond donors (Lipinski definition) is 1. The van der Waals surface area contributed by atoms with E-state index in [9.17, 15) is 4.79 Å². The molecule has 0 atom stereocenters. The Hall–Kier alpha value is -2.64. The van der Waals surface area contributed by atoms with Crippen LogP contribution in [-0.2, 0) is 12.8 Å². The normalized spacial score (nSPS) is 13.4. The number of anilines is 1. The number of aryl methyl sites for hydroxylation is 3. The lowest BCUT2D eigenvalue weighted by Crippen LogP contribution is -2.15. The molecule has 152 valence electrons. The molecule has 5 rings (SSSR count). The number of nitrogens with zero attached hydrogens (tertiary/aromatic N) is 3. The molecule has 1 aliphatic rings. The summed E-state index contributed by atoms with van der Waals surface area (Å²) in [6, 6.07) is 14.0. The topological polar surface area (TPSA) is 59.8 Å². The Kier molecular flexibility index (Phi) is 5.08. The summed E-state index contributed by atoms with van der Waals surface area (Å²) in [5.74, 6) is 0.495. The first-order valence-corrected chi connectivity index (χ1v) is 12.1. The number of amides is 1. The van der Waals surface area contributed by atoms with Crippen LogP contribution in [0.4, 0.5) is 5.82 Å². The van der Waals surface area contributed by atoms with E-state index in [2.05, 4.69) is 22.5 Å². The quantitative estimate of drug-likeness (QED) is 0.422. The van der Waals surface area contributed by atoms with E-state index in [4.69, 9.17) is 4.98 Å². The van der Waals surface area contributed by atoms with Gasteiger partial charge in [0.25, 0.3) is 5.91 Å². The van der Waals surface area contributed by atoms with Crippen LogP contribution < -0.4 is 5.32 Å². The maximum atomic E-state index is 13.0. The first-order chi connectivity index (χ1) is 14.6. The predicted molar refractivity (Wildman–Crippen MR) is 124 cm³/mol. The summed E-state index contributed by atoms with van der Waals surface area (Å²) < 4.78 is 2.92. The lowest BCUT2D eigenvalue weighted by Gasteiger charge is -2.14. The van der Waals surface area contributed by atoms with Crippen LogP contribution in [0.1, 0.15) is 40.0 Å². The zero-order chi connectivity index (χ0) is 20.7. The van der Waals surface area contributed by atoms with Gasteiger partial charge in [-0.15, -0.1) is 11.8 Å². The maximum absolute atomic E-state index is 13.0. The number of thioether (sulfide) groups is 1. The van der Waals surface area contributed by atoms with Gasteiger partial charge in [-0.25, -0.2) is 4.98 Å². The number of thiazole rings is 1. The van der Waals surface area contributed by atoms with Gasteiger partial charge in [0.1, 0.15) is 5.82 Å². The van der Waals surface area contributed by atoms with E-state index in [0.29, 0.717) is 11.4 Å². The number of carbonyl (C=O) groups excluding carboxylic acids is 1. The molecular weight excluding hydrogens is 412 g/mol. The molecule has 30 heavy (non-hydrogen) atoms. The molecule has 0 spiro atoms. The summed E-state index contributed by atoms with van der Waals surface area (Å²) in [4.78, 5) is 18.7. The minimum absolute atomic E-state index is 0.141. The van der Waals surface area contributed by atoms with Crippen molar-refractivity contribution in [2.24, 2.45) is 0 Å². The number of fused-ring (bicyclic) bond motifs is 2. The molecule has 0 saturated carbocycles. The molecule has 0 aliphatic heterocycles. The third-order valence-electron chi connectivity index (χ3n) is 5.45. The minimum Gasteiger partial charge on any atom is -0.306 e. The summed E-state index contributed by atoms with van der Waals surface area (Å²) >= 11 is 3.18. The number of rotatable bonds is 4. The van der Waals surface area contributed by atoms with Crippen molar-refractivity contribution < 1.29 is 4.79 Å². The average Bonchev–Trinajstić information content (AvgIpc) is 3.34. The highest BCUT2D eigenvalue weighted by molar-refractivity contribution is 7.98. The van der Waals surface area contributed by atoms with Gasteiger partial charge in [0, 0.05) is 11.0 Å². The highest BCUT2D eigenvalue weighted by atomic mass is 32.2. The summed E-state index contributed by atoms with van der Waals surface area (Å²) in [6.07, 6.45) is 6.77. The van der Waals surface area contributed by atoms with Crippen molar-refractivity contribution in [2.45, 2.75) is 37.5 Å². The van der Waals surface area contributed by atoms with Crippen LogP contribution in [0.15, 0.2) is 47.4 Å². The molecule has 0 saturated heterocycles. The van der Waals surface area contributed by atoms with E-state index >= 15 is 0 Å². The molecule has 1 amide bonds. The van der Waals surface area contributed by atoms with E-state index in [0.717, 1.165) is 34.1 Å². The molecule has 7 heteroatoms. The lowest BCUT2D eigenvalue weighted by atomic mass is 9.92. The average molecular weight is 435 g/mol. The smallest absolute Gasteiger partial charge is 0.257 e. The maximum Gasteiger partial charge on any atom is 0.257 e. The fraction of sp³-hybridized carbons (Fsp3) is 0.261. The van der Waals surface area contributed by atoms with Gasteiger partial charge in [-0.2, -0.15) is 9.78 Å². The Morgan fingerprint density at radius 3 is 2.70 bits per heavy atom. The zero-order valence-electron chi connectivity index (χ0n) is 16.9. The van der Waals surface area contributed by atoms with Gasteiger partial charge in [0.2, 0.25) is 5.13 Å². The monoisotopic (exact) mass is 434 g/mol. The molecular formula is C23H22N4OS2. The zero-order valence-corrected chi connectivity index (χ0v) is 18.6. The standard InChI is InChI=1S/C23H22N4OS2/c1-14-11-21(25-22(28)17-9-5-6-10-19(17)29-2)27(26-14)23-24-18-12-15-7-3-4-8-16(15)13-20(18)30-23/h5-6,9-13H,3-4,7-8H2,1-2H3,(H,25,28). The highest BCUT2D eigenvalue weighted by Crippen LogP contribution is 2.32. The largest absolute Gasteiger partial charge is 0.306 e. The number of hydrogen-bond acceptors (Lipinski definition) is 5. The summed E-state index contributed by atoms with van der Waals surface area (Å²) in [5.41, 5.74) is 5.37. The van der Waals surface area contributed by atoms with Crippen LogP contribution in [0.2, 0.25) is 0 Å². The van der Waals surface area contributed by atoms with Crippen molar-refractivity contribution in [1.82, 2.24) is 14.8 Å². The van der Waals surface area contributed by atoms with Crippen molar-refractivity contribution in [1.29, 1.82) is 0 Å². The third kappa shape index (κ3) is 3.52. The molecule has 5 nitrogen and oxygen atoms in total. The van der Waals surface area contributed by atoms with Gasteiger partial charge < -0.3 is 5.32 Å². The second-order valence-electron chi connectivity index (χ2n) is 7.53. The molecule has 4 aromatic rings. The van der Waals surface area contributed by atoms with Crippen molar-refractivity contribution in [2.75, 3.05) is 11.6 Å². The number of nitrogens with one attached hydrogen (secondary N) is 1. The number of carbonyl (C=O) groups is 1. The fourth-order valence-corrected chi connectivity index (χ4v) is 5.56. The molecule has 0 unspecified atom stereocenters. The van der Waals surface area contributed by atoms with Gasteiger partial charge in [-0.3, -0.25) is 4.79 Å². The third-order valence-corrected chi connectivity index (χ3v) is 7.24. The van der Waals surface area contributed by atoms with E-state index in [1.54, 1.807) is 27.8 Å². The molecule has 0 bridgehead atoms. The number of aromatic nitrogens is 3. The van der Waals surface area contributed by atoms with E-state index in [-0.39, 0.29) is 5.91 Å². The van der Waals surface area contributed by atoms with Crippen LogP contribution in [0.3, 0.4) is 0 Å². The van der Waals surface area contributed by atoms with Gasteiger partial charge >= 0.3 is 0 Å². The molecule has 0 fully saturated rings. The highest BCUT2D eigenvalue weighted by Gasteiger charge is 2.18. The molecule has 2 heterocycles. The summed E-state index contributed by atoms with van der Waals surface area (Å²) in [7, 11) is 0. The van der Waals surface area contributed by atoms with E-state index in [1.807, 2.05) is 43.5 Å². The van der Waals surface area contributed by atoms with E-state index < -0.39 is 0 Å². The summed E-state index contributed by atoms with van der Waals surface area (Å²) in [6.45, 7) is 1.92. The molecule has 0 radical (unpaired) electrons. The van der Waals surface area contributed by atoms with Crippen LogP contribution in [0, 0.1) is 6.92 Å². The van der Waals surface area contributed by atoms with E-state index in [1.165, 1.54) is 28.7 Å². The van der Waals surface area contributed by atoms with Gasteiger partial charge in [-0.1, -0.05) is 23.5 Å². The first-order valence-electron chi connectivity index (χ1n) is 10.1. The molecule has 1 aliphatic carbocycles. The SMILES string of the molecule is CSc1ccccc1C(=O)Nc1cc(C)nn1-c1nc2cc3c(cc2s1)CCCC3. The number of benzene rings is 2. The van der Waals surface area contributed by atoms with Gasteiger partial charge in [0.05, 0.1) is 21.5 Å². The Balaban J connectivity index is 1.51. The first kappa shape index (κ1) is 19.3. The van der Waals surface area contributed by atoms with Crippen LogP contribution in [0.25, 0.3) is 15.3 Å². The van der Waals surface area contributed by atoms with Crippen molar-refractivity contribution >= 4 is 45.0 Å². The minimum atomic E-state index is -0.141. The van der Waals surface area contributed by atoms with Crippen LogP contribution in [-0.4, -0.2) is 26.9 Å². The summed E-state index contributed by atoms with van der Waals surface area (Å²) in [5, 5.41) is 8.41. The predicted octanol–water partition coefficient (Wildman–Crippen LogP) is 5.64. The molecule has 1 N–H and O–H groups in total. The fourth-order valence-electron chi connectivity index (χ4n) is 3.98. The Morgan fingerprint density at radius 2 is 1.90 bits per heavy atom. The van der Waals surface area contributed by atoms with Crippen molar-refractivity contribution in [3.05, 3.63) is 64.8 Å². The molecule has 2 aromatic carbocycles. The van der Waals surface area contributed by atoms with Crippen molar-refractivity contribution in [3.8, 4) is 5.13 Å². The lowest BCUT2D eigenvalue weighted by molar-refractivity contribution is 0.102. The van der Waals surface area contributed by atoms with Gasteiger partial charge in [0.15, 0.2) is 0 Å². The van der Waals surface area contributed by atoms with Crippen molar-refractivity contribution in [3.63, 3.8) is 0 Å². The Morgan fingerprint density at radius 1 is 1.13 bits per heavy atom. The second kappa shape index (κ2) is 7.89.